The fraction of sp³-hybridized carbons (Fsp3) is 0.571. The molecule has 0 aromatic heterocycles. The predicted octanol–water partition coefficient (Wildman–Crippen LogP) is 2.44. The monoisotopic (exact) mass is 323 g/mol. The highest BCUT2D eigenvalue weighted by molar-refractivity contribution is 7.98. The van der Waals surface area contributed by atoms with Crippen LogP contribution in [0, 0.1) is 0 Å². The molecule has 1 rings (SSSR count). The molecule has 3 nitrogen and oxygen atoms in total. The lowest BCUT2D eigenvalue weighted by atomic mass is 10.1. The molecule has 1 aromatic rings. The van der Waals surface area contributed by atoms with Gasteiger partial charge in [0.05, 0.1) is 17.3 Å². The molecule has 0 amide bonds. The normalized spacial score (nSPS) is 16.5. The van der Waals surface area contributed by atoms with Crippen molar-refractivity contribution in [3.05, 3.63) is 35.4 Å². The number of aliphatic hydroxyl groups is 2. The van der Waals surface area contributed by atoms with Gasteiger partial charge in [0.1, 0.15) is 0 Å². The molecule has 0 saturated heterocycles. The highest BCUT2D eigenvalue weighted by atomic mass is 32.2. The maximum absolute atomic E-state index is 12.6. The Morgan fingerprint density at radius 1 is 1.33 bits per heavy atom. The van der Waals surface area contributed by atoms with Crippen molar-refractivity contribution in [3.63, 3.8) is 0 Å². The SMILES string of the molecule is CSCC(C)(O)CNCC(O)c1cccc(C(F)(F)F)c1. The Hall–Kier alpha value is -0.760. The summed E-state index contributed by atoms with van der Waals surface area (Å²) in [6.45, 7) is 1.99. The van der Waals surface area contributed by atoms with Crippen molar-refractivity contribution in [3.8, 4) is 0 Å². The van der Waals surface area contributed by atoms with Gasteiger partial charge in [-0.05, 0) is 30.9 Å². The predicted molar refractivity (Wildman–Crippen MR) is 78.3 cm³/mol. The number of aliphatic hydroxyl groups excluding tert-OH is 1. The molecule has 0 spiro atoms. The van der Waals surface area contributed by atoms with E-state index >= 15 is 0 Å². The molecule has 7 heteroatoms. The van der Waals surface area contributed by atoms with Gasteiger partial charge in [-0.2, -0.15) is 24.9 Å². The summed E-state index contributed by atoms with van der Waals surface area (Å²) in [5.41, 5.74) is -1.51. The largest absolute Gasteiger partial charge is 0.416 e. The molecular formula is C14H20F3NO2S. The van der Waals surface area contributed by atoms with Crippen LogP contribution in [0.1, 0.15) is 24.2 Å². The molecule has 2 atom stereocenters. The lowest BCUT2D eigenvalue weighted by Gasteiger charge is -2.23. The van der Waals surface area contributed by atoms with Crippen molar-refractivity contribution < 1.29 is 23.4 Å². The van der Waals surface area contributed by atoms with Crippen LogP contribution in [-0.2, 0) is 6.18 Å². The summed E-state index contributed by atoms with van der Waals surface area (Å²) < 4.78 is 37.8. The topological polar surface area (TPSA) is 52.5 Å². The highest BCUT2D eigenvalue weighted by Gasteiger charge is 2.30. The fourth-order valence-electron chi connectivity index (χ4n) is 1.88. The molecule has 0 aliphatic rings. The Bertz CT molecular complexity index is 452. The van der Waals surface area contributed by atoms with Gasteiger partial charge in [-0.1, -0.05) is 12.1 Å². The zero-order valence-corrected chi connectivity index (χ0v) is 12.8. The maximum atomic E-state index is 12.6. The second-order valence-electron chi connectivity index (χ2n) is 5.20. The van der Waals surface area contributed by atoms with Crippen molar-refractivity contribution >= 4 is 11.8 Å². The van der Waals surface area contributed by atoms with Crippen molar-refractivity contribution in [2.24, 2.45) is 0 Å². The zero-order chi connectivity index (χ0) is 16.1. The van der Waals surface area contributed by atoms with Crippen molar-refractivity contribution in [2.45, 2.75) is 24.8 Å². The second-order valence-corrected chi connectivity index (χ2v) is 6.07. The molecule has 3 N–H and O–H groups in total. The van der Waals surface area contributed by atoms with Gasteiger partial charge in [0.25, 0.3) is 0 Å². The van der Waals surface area contributed by atoms with E-state index in [4.69, 9.17) is 0 Å². The Morgan fingerprint density at radius 2 is 2.00 bits per heavy atom. The van der Waals surface area contributed by atoms with Crippen LogP contribution in [0.4, 0.5) is 13.2 Å². The zero-order valence-electron chi connectivity index (χ0n) is 11.9. The molecule has 0 heterocycles. The number of rotatable bonds is 7. The average Bonchev–Trinajstić information content (AvgIpc) is 2.37. The van der Waals surface area contributed by atoms with Crippen LogP contribution >= 0.6 is 11.8 Å². The van der Waals surface area contributed by atoms with Crippen LogP contribution in [0.5, 0.6) is 0 Å². The summed E-state index contributed by atoms with van der Waals surface area (Å²) in [7, 11) is 0. The molecule has 0 bridgehead atoms. The lowest BCUT2D eigenvalue weighted by Crippen LogP contribution is -2.41. The number of benzene rings is 1. The third kappa shape index (κ3) is 6.25. The Kier molecular flexibility index (Phi) is 6.52. The van der Waals surface area contributed by atoms with Crippen LogP contribution in [-0.4, -0.2) is 40.9 Å². The second kappa shape index (κ2) is 7.49. The van der Waals surface area contributed by atoms with Gasteiger partial charge >= 0.3 is 6.18 Å². The summed E-state index contributed by atoms with van der Waals surface area (Å²) in [5.74, 6) is 0.527. The minimum absolute atomic E-state index is 0.0752. The minimum Gasteiger partial charge on any atom is -0.388 e. The standard InChI is InChI=1S/C14H20F3NO2S/c1-13(20,9-21-2)8-18-7-12(19)10-4-3-5-11(6-10)14(15,16)17/h3-6,12,18-20H,7-9H2,1-2H3. The summed E-state index contributed by atoms with van der Waals surface area (Å²) in [6, 6.07) is 4.62. The number of hydrogen-bond donors (Lipinski definition) is 3. The Morgan fingerprint density at radius 3 is 2.57 bits per heavy atom. The third-order valence-electron chi connectivity index (χ3n) is 2.90. The first-order chi connectivity index (χ1) is 9.65. The maximum Gasteiger partial charge on any atom is 0.416 e. The van der Waals surface area contributed by atoms with E-state index in [-0.39, 0.29) is 18.7 Å². The van der Waals surface area contributed by atoms with Gasteiger partial charge in [0.2, 0.25) is 0 Å². The van der Waals surface area contributed by atoms with Crippen molar-refractivity contribution in [1.29, 1.82) is 0 Å². The van der Waals surface area contributed by atoms with Crippen LogP contribution in [0.3, 0.4) is 0 Å². The van der Waals surface area contributed by atoms with E-state index in [0.29, 0.717) is 5.75 Å². The van der Waals surface area contributed by atoms with Gasteiger partial charge in [0.15, 0.2) is 0 Å². The number of alkyl halides is 3. The Labute approximate surface area is 126 Å². The minimum atomic E-state index is -4.43. The highest BCUT2D eigenvalue weighted by Crippen LogP contribution is 2.30. The molecule has 0 radical (unpaired) electrons. The Balaban J connectivity index is 2.58. The quantitative estimate of drug-likeness (QED) is 0.721. The van der Waals surface area contributed by atoms with Crippen molar-refractivity contribution in [1.82, 2.24) is 5.32 Å². The average molecular weight is 323 g/mol. The van der Waals surface area contributed by atoms with Gasteiger partial charge in [-0.15, -0.1) is 0 Å². The summed E-state index contributed by atoms with van der Waals surface area (Å²) in [4.78, 5) is 0. The van der Waals surface area contributed by atoms with Crippen molar-refractivity contribution in [2.75, 3.05) is 25.1 Å². The molecular weight excluding hydrogens is 303 g/mol. The smallest absolute Gasteiger partial charge is 0.388 e. The molecule has 0 aliphatic carbocycles. The first-order valence-corrected chi connectivity index (χ1v) is 7.82. The molecule has 120 valence electrons. The first-order valence-electron chi connectivity index (χ1n) is 6.43. The number of hydrogen-bond acceptors (Lipinski definition) is 4. The third-order valence-corrected chi connectivity index (χ3v) is 3.81. The molecule has 0 saturated carbocycles. The van der Waals surface area contributed by atoms with Crippen LogP contribution in [0.2, 0.25) is 0 Å². The van der Waals surface area contributed by atoms with Gasteiger partial charge in [-0.3, -0.25) is 0 Å². The lowest BCUT2D eigenvalue weighted by molar-refractivity contribution is -0.137. The number of nitrogens with one attached hydrogen (secondary N) is 1. The van der Waals surface area contributed by atoms with E-state index < -0.39 is 23.4 Å². The molecule has 0 aliphatic heterocycles. The van der Waals surface area contributed by atoms with E-state index in [1.54, 1.807) is 6.92 Å². The van der Waals surface area contributed by atoms with E-state index in [1.807, 2.05) is 6.26 Å². The van der Waals surface area contributed by atoms with E-state index in [0.717, 1.165) is 12.1 Å². The van der Waals surface area contributed by atoms with Gasteiger partial charge < -0.3 is 15.5 Å². The number of halogens is 3. The van der Waals surface area contributed by atoms with E-state index in [9.17, 15) is 23.4 Å². The van der Waals surface area contributed by atoms with Gasteiger partial charge in [-0.25, -0.2) is 0 Å². The summed E-state index contributed by atoms with van der Waals surface area (Å²) in [6.07, 6.45) is -3.62. The van der Waals surface area contributed by atoms with Crippen LogP contribution < -0.4 is 5.32 Å². The van der Waals surface area contributed by atoms with Gasteiger partial charge in [0, 0.05) is 18.8 Å². The van der Waals surface area contributed by atoms with E-state index in [1.165, 1.54) is 23.9 Å². The first kappa shape index (κ1) is 18.3. The molecule has 21 heavy (non-hydrogen) atoms. The van der Waals surface area contributed by atoms with Crippen LogP contribution in [0.25, 0.3) is 0 Å². The molecule has 2 unspecified atom stereocenters. The molecule has 0 fully saturated rings. The summed E-state index contributed by atoms with van der Waals surface area (Å²) in [5, 5.41) is 22.7. The molecule has 1 aromatic carbocycles. The summed E-state index contributed by atoms with van der Waals surface area (Å²) >= 11 is 1.49. The van der Waals surface area contributed by atoms with Crippen LogP contribution in [0.15, 0.2) is 24.3 Å². The van der Waals surface area contributed by atoms with E-state index in [2.05, 4.69) is 5.32 Å². The number of thioether (sulfide) groups is 1. The fourth-order valence-corrected chi connectivity index (χ4v) is 2.60.